The van der Waals surface area contributed by atoms with Crippen LogP contribution in [0.5, 0.6) is 0 Å². The molecule has 0 aliphatic carbocycles. The van der Waals surface area contributed by atoms with Gasteiger partial charge in [0.25, 0.3) is 0 Å². The van der Waals surface area contributed by atoms with E-state index in [9.17, 15) is 4.79 Å². The number of hydrogen-bond donors (Lipinski definition) is 2. The van der Waals surface area contributed by atoms with Crippen molar-refractivity contribution in [3.63, 3.8) is 0 Å². The van der Waals surface area contributed by atoms with Gasteiger partial charge in [0.15, 0.2) is 5.96 Å². The number of likely N-dealkylation sites (tertiary alicyclic amines) is 1. The fourth-order valence-electron chi connectivity index (χ4n) is 2.90. The third-order valence-corrected chi connectivity index (χ3v) is 5.44. The van der Waals surface area contributed by atoms with E-state index in [4.69, 9.17) is 0 Å². The van der Waals surface area contributed by atoms with E-state index < -0.39 is 0 Å². The Hall–Kier alpha value is -1.60. The van der Waals surface area contributed by atoms with Crippen LogP contribution >= 0.6 is 11.3 Å². The molecule has 1 aromatic heterocycles. The summed E-state index contributed by atoms with van der Waals surface area (Å²) in [5.74, 6) is 1.23. The minimum absolute atomic E-state index is 0.00463. The highest BCUT2D eigenvalue weighted by atomic mass is 32.1. The molecule has 1 unspecified atom stereocenters. The van der Waals surface area contributed by atoms with Crippen LogP contribution < -0.4 is 10.6 Å². The van der Waals surface area contributed by atoms with Crippen molar-refractivity contribution < 1.29 is 4.79 Å². The average molecular weight is 380 g/mol. The van der Waals surface area contributed by atoms with Gasteiger partial charge in [-0.05, 0) is 43.3 Å². The number of nitrogens with one attached hydrogen (secondary N) is 2. The molecule has 1 fully saturated rings. The molecule has 0 saturated carbocycles. The van der Waals surface area contributed by atoms with E-state index in [-0.39, 0.29) is 12.5 Å². The lowest BCUT2D eigenvalue weighted by atomic mass is 10.2. The van der Waals surface area contributed by atoms with Gasteiger partial charge in [0.2, 0.25) is 5.91 Å². The van der Waals surface area contributed by atoms with Crippen LogP contribution in [0.1, 0.15) is 37.6 Å². The smallest absolute Gasteiger partial charge is 0.243 e. The van der Waals surface area contributed by atoms with Gasteiger partial charge in [0.1, 0.15) is 6.54 Å². The molecule has 1 saturated heterocycles. The number of carbonyl (C=O) groups excluding carboxylic acids is 1. The summed E-state index contributed by atoms with van der Waals surface area (Å²) >= 11 is 1.81. The van der Waals surface area contributed by atoms with Crippen molar-refractivity contribution in [3.8, 4) is 0 Å². The fraction of sp³-hybridized carbons (Fsp3) is 0.684. The SMILES string of the molecule is CC(C)CNC(=NCC(=O)N(C)C)NCC(c1cccs1)N1CCCC1. The minimum atomic E-state index is 0.00463. The van der Waals surface area contributed by atoms with E-state index in [1.165, 1.54) is 17.7 Å². The van der Waals surface area contributed by atoms with Crippen molar-refractivity contribution >= 4 is 23.2 Å². The molecule has 1 aromatic rings. The number of rotatable bonds is 8. The van der Waals surface area contributed by atoms with Crippen LogP contribution in [0.2, 0.25) is 0 Å². The molecule has 2 heterocycles. The maximum atomic E-state index is 11.9. The van der Waals surface area contributed by atoms with E-state index in [1.54, 1.807) is 19.0 Å². The Morgan fingerprint density at radius 2 is 1.96 bits per heavy atom. The predicted molar refractivity (Wildman–Crippen MR) is 110 cm³/mol. The molecule has 6 nitrogen and oxygen atoms in total. The standard InChI is InChI=1S/C19H33N5OS/c1-15(2)12-20-19(22-14-18(25)23(3)4)21-13-16(17-8-7-11-26-17)24-9-5-6-10-24/h7-8,11,15-16H,5-6,9-10,12-14H2,1-4H3,(H2,20,21,22). The van der Waals surface area contributed by atoms with E-state index in [0.29, 0.717) is 12.0 Å². The first-order chi connectivity index (χ1) is 12.5. The van der Waals surface area contributed by atoms with E-state index in [0.717, 1.165) is 32.1 Å². The second-order valence-electron chi connectivity index (χ2n) is 7.38. The number of aliphatic imine (C=N–C) groups is 1. The van der Waals surface area contributed by atoms with Crippen molar-refractivity contribution in [2.24, 2.45) is 10.9 Å². The highest BCUT2D eigenvalue weighted by molar-refractivity contribution is 7.10. The molecule has 146 valence electrons. The maximum Gasteiger partial charge on any atom is 0.243 e. The molecular formula is C19H33N5OS. The molecule has 0 spiro atoms. The van der Waals surface area contributed by atoms with E-state index >= 15 is 0 Å². The molecular weight excluding hydrogens is 346 g/mol. The Balaban J connectivity index is 2.01. The Labute approximate surface area is 161 Å². The predicted octanol–water partition coefficient (Wildman–Crippen LogP) is 2.16. The average Bonchev–Trinajstić information content (AvgIpc) is 3.30. The van der Waals surface area contributed by atoms with Crippen molar-refractivity contribution in [3.05, 3.63) is 22.4 Å². The first kappa shape index (κ1) is 20.7. The first-order valence-corrected chi connectivity index (χ1v) is 10.3. The number of amides is 1. The largest absolute Gasteiger partial charge is 0.356 e. The number of guanidine groups is 1. The Morgan fingerprint density at radius 1 is 1.27 bits per heavy atom. The number of thiophene rings is 1. The second kappa shape index (κ2) is 10.5. The third-order valence-electron chi connectivity index (χ3n) is 4.46. The van der Waals surface area contributed by atoms with Gasteiger partial charge in [-0.1, -0.05) is 19.9 Å². The first-order valence-electron chi connectivity index (χ1n) is 9.47. The van der Waals surface area contributed by atoms with E-state index in [2.05, 4.69) is 51.9 Å². The molecule has 1 atom stereocenters. The number of likely N-dealkylation sites (N-methyl/N-ethyl adjacent to an activating group) is 1. The molecule has 1 aliphatic rings. The normalized spacial score (nSPS) is 16.7. The molecule has 7 heteroatoms. The van der Waals surface area contributed by atoms with Crippen molar-refractivity contribution in [1.29, 1.82) is 0 Å². The number of hydrogen-bond acceptors (Lipinski definition) is 4. The highest BCUT2D eigenvalue weighted by Crippen LogP contribution is 2.27. The molecule has 0 aromatic carbocycles. The van der Waals surface area contributed by atoms with Crippen LogP contribution in [-0.4, -0.2) is 68.5 Å². The van der Waals surface area contributed by atoms with Gasteiger partial charge in [0, 0.05) is 32.1 Å². The van der Waals surface area contributed by atoms with Crippen molar-refractivity contribution in [2.45, 2.75) is 32.7 Å². The molecule has 0 bridgehead atoms. The van der Waals surface area contributed by atoms with Crippen molar-refractivity contribution in [1.82, 2.24) is 20.4 Å². The summed E-state index contributed by atoms with van der Waals surface area (Å²) in [7, 11) is 3.51. The zero-order valence-corrected chi connectivity index (χ0v) is 17.3. The lowest BCUT2D eigenvalue weighted by molar-refractivity contribution is -0.127. The zero-order valence-electron chi connectivity index (χ0n) is 16.5. The van der Waals surface area contributed by atoms with Gasteiger partial charge in [-0.2, -0.15) is 0 Å². The summed E-state index contributed by atoms with van der Waals surface area (Å²) in [5.41, 5.74) is 0. The lowest BCUT2D eigenvalue weighted by Crippen LogP contribution is -2.44. The summed E-state index contributed by atoms with van der Waals surface area (Å²) in [6, 6.07) is 4.68. The van der Waals surface area contributed by atoms with Crippen molar-refractivity contribution in [2.75, 3.05) is 46.8 Å². The van der Waals surface area contributed by atoms with Gasteiger partial charge in [0.05, 0.1) is 6.04 Å². The van der Waals surface area contributed by atoms with Gasteiger partial charge in [-0.15, -0.1) is 11.3 Å². The van der Waals surface area contributed by atoms with Gasteiger partial charge < -0.3 is 15.5 Å². The van der Waals surface area contributed by atoms with E-state index in [1.807, 2.05) is 11.3 Å². The third kappa shape index (κ3) is 6.61. The Kier molecular flexibility index (Phi) is 8.38. The summed E-state index contributed by atoms with van der Waals surface area (Å²) in [5, 5.41) is 8.96. The topological polar surface area (TPSA) is 60.0 Å². The summed E-state index contributed by atoms with van der Waals surface area (Å²) < 4.78 is 0. The van der Waals surface area contributed by atoms with Gasteiger partial charge in [-0.3, -0.25) is 9.69 Å². The van der Waals surface area contributed by atoms with Crippen LogP contribution in [-0.2, 0) is 4.79 Å². The zero-order chi connectivity index (χ0) is 18.9. The number of nitrogens with zero attached hydrogens (tertiary/aromatic N) is 3. The summed E-state index contributed by atoms with van der Waals surface area (Å²) in [6.07, 6.45) is 2.54. The van der Waals surface area contributed by atoms with Crippen LogP contribution in [0.4, 0.5) is 0 Å². The molecule has 2 N–H and O–H groups in total. The van der Waals surface area contributed by atoms with Crippen LogP contribution in [0, 0.1) is 5.92 Å². The number of carbonyl (C=O) groups is 1. The van der Waals surface area contributed by atoms with Crippen LogP contribution in [0.15, 0.2) is 22.5 Å². The minimum Gasteiger partial charge on any atom is -0.356 e. The second-order valence-corrected chi connectivity index (χ2v) is 8.36. The Bertz CT molecular complexity index is 564. The monoisotopic (exact) mass is 379 g/mol. The summed E-state index contributed by atoms with van der Waals surface area (Å²) in [4.78, 5) is 21.9. The molecule has 0 radical (unpaired) electrons. The van der Waals surface area contributed by atoms with Crippen LogP contribution in [0.3, 0.4) is 0 Å². The van der Waals surface area contributed by atoms with Gasteiger partial charge in [-0.25, -0.2) is 4.99 Å². The lowest BCUT2D eigenvalue weighted by Gasteiger charge is -2.28. The fourth-order valence-corrected chi connectivity index (χ4v) is 3.76. The van der Waals surface area contributed by atoms with Crippen LogP contribution in [0.25, 0.3) is 0 Å². The quantitative estimate of drug-likeness (QED) is 0.537. The molecule has 1 amide bonds. The van der Waals surface area contributed by atoms with Gasteiger partial charge >= 0.3 is 0 Å². The maximum absolute atomic E-state index is 11.9. The Morgan fingerprint density at radius 3 is 2.54 bits per heavy atom. The molecule has 1 aliphatic heterocycles. The highest BCUT2D eigenvalue weighted by Gasteiger charge is 2.24. The molecule has 2 rings (SSSR count). The molecule has 26 heavy (non-hydrogen) atoms. The summed E-state index contributed by atoms with van der Waals surface area (Å²) in [6.45, 7) is 8.40.